The zero-order valence-electron chi connectivity index (χ0n) is 17.3. The fourth-order valence-electron chi connectivity index (χ4n) is 3.24. The Morgan fingerprint density at radius 3 is 2.07 bits per heavy atom. The van der Waals surface area contributed by atoms with Crippen molar-refractivity contribution in [3.63, 3.8) is 0 Å². The van der Waals surface area contributed by atoms with Crippen molar-refractivity contribution < 1.29 is 13.5 Å². The summed E-state index contributed by atoms with van der Waals surface area (Å²) < 4.78 is 25.4. The first kappa shape index (κ1) is 19.8. The number of benzene rings is 2. The summed E-state index contributed by atoms with van der Waals surface area (Å²) in [4.78, 5) is 4.07. The van der Waals surface area contributed by atoms with Crippen molar-refractivity contribution in [1.82, 2.24) is 15.2 Å². The Hall–Kier alpha value is -3.54. The Morgan fingerprint density at radius 1 is 0.867 bits per heavy atom. The van der Waals surface area contributed by atoms with Gasteiger partial charge in [-0.3, -0.25) is 0 Å². The maximum absolute atomic E-state index is 14.4. The Bertz CT molecular complexity index is 1170. The first-order chi connectivity index (χ1) is 14.3. The zero-order valence-corrected chi connectivity index (χ0v) is 17.3. The highest BCUT2D eigenvalue weighted by Gasteiger charge is 2.23. The summed E-state index contributed by atoms with van der Waals surface area (Å²) in [6.07, 6.45) is 1.43. The molecule has 0 spiro atoms. The van der Waals surface area contributed by atoms with Crippen LogP contribution in [0.3, 0.4) is 0 Å². The van der Waals surface area contributed by atoms with E-state index in [-0.39, 0.29) is 22.7 Å². The first-order valence-corrected chi connectivity index (χ1v) is 9.64. The lowest BCUT2D eigenvalue weighted by Gasteiger charge is -2.26. The molecule has 0 aliphatic heterocycles. The van der Waals surface area contributed by atoms with Crippen LogP contribution >= 0.6 is 0 Å². The van der Waals surface area contributed by atoms with E-state index in [1.54, 1.807) is 6.92 Å². The highest BCUT2D eigenvalue weighted by Crippen LogP contribution is 2.33. The molecular weight excluding hydrogens is 381 g/mol. The number of nitrogens with zero attached hydrogens (tertiary/aromatic N) is 3. The minimum Gasteiger partial charge on any atom is -0.456 e. The zero-order chi connectivity index (χ0) is 21.3. The monoisotopic (exact) mass is 403 g/mol. The van der Waals surface area contributed by atoms with Crippen LogP contribution in [0.4, 0.5) is 4.39 Å². The van der Waals surface area contributed by atoms with Crippen LogP contribution < -0.4 is 4.74 Å². The maximum atomic E-state index is 14.4. The van der Waals surface area contributed by atoms with Crippen LogP contribution in [0.25, 0.3) is 11.6 Å². The van der Waals surface area contributed by atoms with E-state index >= 15 is 0 Å². The quantitative estimate of drug-likeness (QED) is 0.409. The van der Waals surface area contributed by atoms with Crippen LogP contribution in [0.5, 0.6) is 11.5 Å². The number of aromatic nitrogens is 3. The third-order valence-corrected chi connectivity index (χ3v) is 5.13. The van der Waals surface area contributed by atoms with Crippen molar-refractivity contribution in [2.24, 2.45) is 0 Å². The van der Waals surface area contributed by atoms with Gasteiger partial charge in [0.15, 0.2) is 11.5 Å². The highest BCUT2D eigenvalue weighted by molar-refractivity contribution is 5.49. The Labute approximate surface area is 174 Å². The molecule has 0 saturated heterocycles. The van der Waals surface area contributed by atoms with Gasteiger partial charge in [-0.1, -0.05) is 55.8 Å². The summed E-state index contributed by atoms with van der Waals surface area (Å²) in [5.41, 5.74) is 3.48. The maximum Gasteiger partial charge on any atom is 0.269 e. The van der Waals surface area contributed by atoms with Gasteiger partial charge in [-0.25, -0.2) is 9.37 Å². The van der Waals surface area contributed by atoms with Crippen LogP contribution in [0, 0.1) is 19.7 Å². The van der Waals surface area contributed by atoms with Gasteiger partial charge in [-0.2, -0.15) is 0 Å². The van der Waals surface area contributed by atoms with E-state index in [2.05, 4.69) is 60.2 Å². The molecule has 0 radical (unpaired) electrons. The van der Waals surface area contributed by atoms with E-state index in [9.17, 15) is 4.39 Å². The lowest BCUT2D eigenvalue weighted by atomic mass is 9.78. The summed E-state index contributed by atoms with van der Waals surface area (Å²) >= 11 is 0. The van der Waals surface area contributed by atoms with Gasteiger partial charge < -0.3 is 9.15 Å². The molecule has 0 unspecified atom stereocenters. The molecule has 0 N–H and O–H groups in total. The third-order valence-electron chi connectivity index (χ3n) is 5.13. The fraction of sp³-hybridized carbons (Fsp3) is 0.208. The molecule has 0 saturated carbocycles. The molecule has 4 aromatic rings. The van der Waals surface area contributed by atoms with Gasteiger partial charge in [0.05, 0.1) is 6.20 Å². The topological polar surface area (TPSA) is 61.0 Å². The number of hydrogen-bond acceptors (Lipinski definition) is 5. The number of halogens is 1. The molecule has 0 aliphatic rings. The molecule has 0 fully saturated rings. The molecule has 6 heteroatoms. The van der Waals surface area contributed by atoms with Gasteiger partial charge in [0.1, 0.15) is 11.5 Å². The summed E-state index contributed by atoms with van der Waals surface area (Å²) in [6.45, 7) is 8.08. The van der Waals surface area contributed by atoms with Crippen molar-refractivity contribution in [1.29, 1.82) is 0 Å². The van der Waals surface area contributed by atoms with Crippen LogP contribution in [-0.4, -0.2) is 15.2 Å². The molecule has 4 rings (SSSR count). The molecule has 2 aromatic carbocycles. The third kappa shape index (κ3) is 3.94. The molecule has 30 heavy (non-hydrogen) atoms. The molecule has 0 atom stereocenters. The predicted molar refractivity (Wildman–Crippen MR) is 112 cm³/mol. The van der Waals surface area contributed by atoms with Crippen LogP contribution in [0.2, 0.25) is 0 Å². The summed E-state index contributed by atoms with van der Waals surface area (Å²) in [5.74, 6) is 0.687. The van der Waals surface area contributed by atoms with E-state index in [0.29, 0.717) is 11.6 Å². The molecule has 152 valence electrons. The fourth-order valence-corrected chi connectivity index (χ4v) is 3.24. The van der Waals surface area contributed by atoms with Crippen molar-refractivity contribution in [2.45, 2.75) is 33.1 Å². The number of ether oxygens (including phenoxy) is 1. The standard InChI is InChI=1S/C24H22FN3O2/c1-15-5-7-17(8-6-15)24(3,4)18-9-11-19(12-10-18)30-20-13-21(25)22(26-14-20)23-28-27-16(2)29-23/h5-14H,1-4H3. The summed E-state index contributed by atoms with van der Waals surface area (Å²) in [5, 5.41) is 7.49. The number of rotatable bonds is 5. The normalized spacial score (nSPS) is 11.5. The van der Waals surface area contributed by atoms with Crippen molar-refractivity contribution in [2.75, 3.05) is 0 Å². The van der Waals surface area contributed by atoms with Crippen LogP contribution in [0.1, 0.15) is 36.4 Å². The van der Waals surface area contributed by atoms with Crippen molar-refractivity contribution >= 4 is 0 Å². The van der Waals surface area contributed by atoms with Crippen molar-refractivity contribution in [3.05, 3.63) is 89.2 Å². The van der Waals surface area contributed by atoms with Crippen LogP contribution in [0.15, 0.2) is 65.2 Å². The Morgan fingerprint density at radius 2 is 1.50 bits per heavy atom. The van der Waals surface area contributed by atoms with E-state index in [1.807, 2.05) is 24.3 Å². The lowest BCUT2D eigenvalue weighted by Crippen LogP contribution is -2.18. The lowest BCUT2D eigenvalue weighted by molar-refractivity contribution is 0.471. The molecule has 5 nitrogen and oxygen atoms in total. The average molecular weight is 403 g/mol. The van der Waals surface area contributed by atoms with E-state index in [0.717, 1.165) is 5.56 Å². The predicted octanol–water partition coefficient (Wildman–Crippen LogP) is 6.01. The van der Waals surface area contributed by atoms with Gasteiger partial charge in [0, 0.05) is 18.4 Å². The number of aryl methyl sites for hydroxylation is 2. The molecule has 0 bridgehead atoms. The smallest absolute Gasteiger partial charge is 0.269 e. The van der Waals surface area contributed by atoms with E-state index in [1.165, 1.54) is 23.4 Å². The number of hydrogen-bond donors (Lipinski definition) is 0. The second-order valence-corrected chi connectivity index (χ2v) is 7.75. The average Bonchev–Trinajstić information content (AvgIpc) is 3.15. The molecule has 0 aliphatic carbocycles. The SMILES string of the molecule is Cc1ccc(C(C)(C)c2ccc(Oc3cnc(-c4nnc(C)o4)c(F)c3)cc2)cc1. The largest absolute Gasteiger partial charge is 0.456 e. The Kier molecular flexibility index (Phi) is 5.08. The minimum absolute atomic E-state index is 0.00172. The van der Waals surface area contributed by atoms with E-state index < -0.39 is 5.82 Å². The second kappa shape index (κ2) is 7.71. The van der Waals surface area contributed by atoms with Crippen LogP contribution in [-0.2, 0) is 5.41 Å². The van der Waals surface area contributed by atoms with Gasteiger partial charge in [-0.15, -0.1) is 10.2 Å². The molecular formula is C24H22FN3O2. The molecule has 2 heterocycles. The van der Waals surface area contributed by atoms with Gasteiger partial charge in [0.25, 0.3) is 5.89 Å². The number of pyridine rings is 1. The highest BCUT2D eigenvalue weighted by atomic mass is 19.1. The van der Waals surface area contributed by atoms with E-state index in [4.69, 9.17) is 9.15 Å². The molecule has 0 amide bonds. The molecule has 2 aromatic heterocycles. The minimum atomic E-state index is -0.590. The first-order valence-electron chi connectivity index (χ1n) is 9.64. The van der Waals surface area contributed by atoms with Crippen molar-refractivity contribution in [3.8, 4) is 23.1 Å². The van der Waals surface area contributed by atoms with Gasteiger partial charge in [0.2, 0.25) is 5.89 Å². The summed E-state index contributed by atoms with van der Waals surface area (Å²) in [7, 11) is 0. The van der Waals surface area contributed by atoms with Gasteiger partial charge in [-0.05, 0) is 30.2 Å². The Balaban J connectivity index is 1.52. The van der Waals surface area contributed by atoms with Gasteiger partial charge >= 0.3 is 0 Å². The second-order valence-electron chi connectivity index (χ2n) is 7.75. The summed E-state index contributed by atoms with van der Waals surface area (Å²) in [6, 6.07) is 17.6.